The van der Waals surface area contributed by atoms with Crippen LogP contribution in [0.1, 0.15) is 25.8 Å². The van der Waals surface area contributed by atoms with Gasteiger partial charge >= 0.3 is 0 Å². The minimum Gasteiger partial charge on any atom is -0.486 e. The second kappa shape index (κ2) is 7.85. The molecule has 1 aliphatic heterocycles. The van der Waals surface area contributed by atoms with E-state index in [-0.39, 0.29) is 5.91 Å². The number of carbonyl (C=O) groups excluding carboxylic acids is 1. The van der Waals surface area contributed by atoms with E-state index in [0.717, 1.165) is 21.4 Å². The number of anilines is 1. The van der Waals surface area contributed by atoms with E-state index < -0.39 is 0 Å². The molecule has 2 heterocycles. The summed E-state index contributed by atoms with van der Waals surface area (Å²) in [7, 11) is 0. The highest BCUT2D eigenvalue weighted by atomic mass is 32.2. The lowest BCUT2D eigenvalue weighted by Gasteiger charge is -2.18. The number of nitrogens with one attached hydrogen (secondary N) is 1. The van der Waals surface area contributed by atoms with E-state index in [1.54, 1.807) is 11.8 Å². The quantitative estimate of drug-likeness (QED) is 0.625. The average molecular weight is 365 g/mol. The summed E-state index contributed by atoms with van der Waals surface area (Å²) in [4.78, 5) is 12.1. The van der Waals surface area contributed by atoms with Crippen LogP contribution in [-0.2, 0) is 11.2 Å². The van der Waals surface area contributed by atoms with E-state index in [4.69, 9.17) is 9.47 Å². The van der Waals surface area contributed by atoms with Crippen molar-refractivity contribution in [1.82, 2.24) is 10.2 Å². The van der Waals surface area contributed by atoms with Crippen molar-refractivity contribution >= 4 is 34.1 Å². The van der Waals surface area contributed by atoms with E-state index in [1.165, 1.54) is 11.3 Å². The molecule has 6 nitrogen and oxygen atoms in total. The molecule has 2 aromatic rings. The zero-order valence-electron chi connectivity index (χ0n) is 13.6. The molecule has 1 aromatic carbocycles. The summed E-state index contributed by atoms with van der Waals surface area (Å²) >= 11 is 3.04. The first-order valence-electron chi connectivity index (χ1n) is 7.78. The molecule has 0 atom stereocenters. The van der Waals surface area contributed by atoms with E-state index >= 15 is 0 Å². The molecular weight excluding hydrogens is 346 g/mol. The van der Waals surface area contributed by atoms with Gasteiger partial charge < -0.3 is 14.8 Å². The highest BCUT2D eigenvalue weighted by Gasteiger charge is 2.13. The zero-order chi connectivity index (χ0) is 16.9. The van der Waals surface area contributed by atoms with Crippen LogP contribution in [-0.4, -0.2) is 34.6 Å². The van der Waals surface area contributed by atoms with Gasteiger partial charge in [0.25, 0.3) is 0 Å². The molecule has 0 unspecified atom stereocenters. The summed E-state index contributed by atoms with van der Waals surface area (Å²) < 4.78 is 11.9. The Morgan fingerprint density at radius 3 is 2.88 bits per heavy atom. The van der Waals surface area contributed by atoms with E-state index in [1.807, 2.05) is 18.2 Å². The third-order valence-corrected chi connectivity index (χ3v) is 5.16. The van der Waals surface area contributed by atoms with Crippen LogP contribution in [0.3, 0.4) is 0 Å². The second-order valence-corrected chi connectivity index (χ2v) is 8.37. The molecule has 1 aliphatic rings. The fourth-order valence-electron chi connectivity index (χ4n) is 2.19. The normalized spacial score (nSPS) is 13.1. The summed E-state index contributed by atoms with van der Waals surface area (Å²) in [6.45, 7) is 5.33. The monoisotopic (exact) mass is 365 g/mol. The first-order chi connectivity index (χ1) is 11.6. The first-order valence-corrected chi connectivity index (χ1v) is 9.48. The lowest BCUT2D eigenvalue weighted by Crippen LogP contribution is -2.15. The fourth-order valence-corrected chi connectivity index (χ4v) is 4.18. The van der Waals surface area contributed by atoms with Crippen molar-refractivity contribution in [3.8, 4) is 11.5 Å². The largest absolute Gasteiger partial charge is 0.486 e. The molecule has 1 amide bonds. The van der Waals surface area contributed by atoms with Gasteiger partial charge in [0.05, 0.1) is 0 Å². The Morgan fingerprint density at radius 2 is 2.08 bits per heavy atom. The van der Waals surface area contributed by atoms with Crippen LogP contribution < -0.4 is 14.8 Å². The number of ether oxygens (including phenoxy) is 2. The number of hydrogen-bond acceptors (Lipinski definition) is 7. The minimum absolute atomic E-state index is 0.0675. The van der Waals surface area contributed by atoms with Crippen molar-refractivity contribution in [2.45, 2.75) is 36.3 Å². The third-order valence-electron chi connectivity index (χ3n) is 3.24. The number of hydrogen-bond donors (Lipinski definition) is 1. The second-order valence-electron chi connectivity index (χ2n) is 5.57. The van der Waals surface area contributed by atoms with E-state index in [9.17, 15) is 4.79 Å². The van der Waals surface area contributed by atoms with Gasteiger partial charge in [0, 0.05) is 11.7 Å². The highest BCUT2D eigenvalue weighted by molar-refractivity contribution is 8.01. The molecule has 0 aliphatic carbocycles. The van der Waals surface area contributed by atoms with Crippen LogP contribution in [0.4, 0.5) is 5.13 Å². The highest BCUT2D eigenvalue weighted by Crippen LogP contribution is 2.31. The van der Waals surface area contributed by atoms with Crippen LogP contribution in [0.25, 0.3) is 0 Å². The van der Waals surface area contributed by atoms with Gasteiger partial charge in [-0.15, -0.1) is 10.2 Å². The number of aromatic nitrogens is 2. The van der Waals surface area contributed by atoms with Gasteiger partial charge in [-0.05, 0) is 24.1 Å². The van der Waals surface area contributed by atoms with Gasteiger partial charge in [0.1, 0.15) is 13.2 Å². The smallest absolute Gasteiger partial charge is 0.226 e. The molecule has 0 spiro atoms. The molecule has 24 heavy (non-hydrogen) atoms. The van der Waals surface area contributed by atoms with Gasteiger partial charge in [-0.1, -0.05) is 43.0 Å². The summed E-state index contributed by atoms with van der Waals surface area (Å²) in [6, 6.07) is 5.79. The predicted octanol–water partition coefficient (Wildman–Crippen LogP) is 3.38. The minimum atomic E-state index is -0.0675. The maximum atomic E-state index is 12.1. The molecule has 0 fully saturated rings. The van der Waals surface area contributed by atoms with Crippen molar-refractivity contribution in [2.24, 2.45) is 0 Å². The first kappa shape index (κ1) is 17.0. The Balaban J connectivity index is 1.51. The van der Waals surface area contributed by atoms with E-state index in [2.05, 4.69) is 29.4 Å². The third kappa shape index (κ3) is 4.61. The Hall–Kier alpha value is -1.80. The standard InChI is InChI=1S/C16H19N3O3S2/c1-10(2)23-16-19-18-15(24-16)17-14(20)6-4-11-3-5-12-13(9-11)22-8-7-21-12/h3,5,9-10H,4,6-8H2,1-2H3,(H,17,18,20). The van der Waals surface area contributed by atoms with Gasteiger partial charge in [-0.25, -0.2) is 0 Å². The number of rotatable bonds is 6. The molecule has 8 heteroatoms. The number of nitrogens with zero attached hydrogens (tertiary/aromatic N) is 2. The van der Waals surface area contributed by atoms with Gasteiger partial charge in [-0.3, -0.25) is 4.79 Å². The lowest BCUT2D eigenvalue weighted by atomic mass is 10.1. The number of fused-ring (bicyclic) bond motifs is 1. The summed E-state index contributed by atoms with van der Waals surface area (Å²) in [5.41, 5.74) is 1.04. The Bertz CT molecular complexity index is 718. The molecule has 0 saturated carbocycles. The van der Waals surface area contributed by atoms with Crippen LogP contribution in [0.2, 0.25) is 0 Å². The molecule has 1 aromatic heterocycles. The Labute approximate surface area is 149 Å². The van der Waals surface area contributed by atoms with Gasteiger partial charge in [0.2, 0.25) is 11.0 Å². The number of thioether (sulfide) groups is 1. The number of aryl methyl sites for hydroxylation is 1. The summed E-state index contributed by atoms with van der Waals surface area (Å²) in [5.74, 6) is 1.44. The maximum absolute atomic E-state index is 12.1. The SMILES string of the molecule is CC(C)Sc1nnc(NC(=O)CCc2ccc3c(c2)OCCO3)s1. The van der Waals surface area contributed by atoms with Crippen LogP contribution in [0, 0.1) is 0 Å². The molecule has 0 saturated heterocycles. The predicted molar refractivity (Wildman–Crippen MR) is 95.3 cm³/mol. The van der Waals surface area contributed by atoms with Gasteiger partial charge in [0.15, 0.2) is 15.8 Å². The van der Waals surface area contributed by atoms with Crippen molar-refractivity contribution in [3.05, 3.63) is 23.8 Å². The van der Waals surface area contributed by atoms with Crippen LogP contribution in [0.15, 0.2) is 22.5 Å². The zero-order valence-corrected chi connectivity index (χ0v) is 15.2. The Kier molecular flexibility index (Phi) is 5.57. The van der Waals surface area contributed by atoms with Crippen LogP contribution in [0.5, 0.6) is 11.5 Å². The lowest BCUT2D eigenvalue weighted by molar-refractivity contribution is -0.116. The molecule has 0 bridgehead atoms. The number of amides is 1. The van der Waals surface area contributed by atoms with Crippen molar-refractivity contribution < 1.29 is 14.3 Å². The van der Waals surface area contributed by atoms with Crippen LogP contribution >= 0.6 is 23.1 Å². The molecular formula is C16H19N3O3S2. The maximum Gasteiger partial charge on any atom is 0.226 e. The molecule has 128 valence electrons. The number of carbonyl (C=O) groups is 1. The van der Waals surface area contributed by atoms with Gasteiger partial charge in [-0.2, -0.15) is 0 Å². The van der Waals surface area contributed by atoms with Crippen molar-refractivity contribution in [2.75, 3.05) is 18.5 Å². The average Bonchev–Trinajstić information content (AvgIpc) is 2.99. The van der Waals surface area contributed by atoms with E-state index in [0.29, 0.717) is 36.4 Å². The van der Waals surface area contributed by atoms with Crippen molar-refractivity contribution in [1.29, 1.82) is 0 Å². The Morgan fingerprint density at radius 1 is 1.29 bits per heavy atom. The molecule has 1 N–H and O–H groups in total. The summed E-state index contributed by atoms with van der Waals surface area (Å²) in [5, 5.41) is 11.9. The topological polar surface area (TPSA) is 73.3 Å². The van der Waals surface area contributed by atoms with Crippen molar-refractivity contribution in [3.63, 3.8) is 0 Å². The fraction of sp³-hybridized carbons (Fsp3) is 0.438. The molecule has 0 radical (unpaired) electrons. The number of benzene rings is 1. The molecule has 3 rings (SSSR count). The summed E-state index contributed by atoms with van der Waals surface area (Å²) in [6.07, 6.45) is 1.01.